The van der Waals surface area contributed by atoms with E-state index in [1.807, 2.05) is 81.0 Å². The third-order valence-electron chi connectivity index (χ3n) is 5.20. The van der Waals surface area contributed by atoms with Crippen LogP contribution in [0.15, 0.2) is 71.9 Å². The number of allylic oxidation sites excluding steroid dienone is 2. The van der Waals surface area contributed by atoms with Crippen LogP contribution in [0, 0.1) is 0 Å². The van der Waals surface area contributed by atoms with E-state index >= 15 is 0 Å². The zero-order chi connectivity index (χ0) is 22.0. The summed E-state index contributed by atoms with van der Waals surface area (Å²) in [7, 11) is 3.87. The molecule has 0 fully saturated rings. The third-order valence-corrected chi connectivity index (χ3v) is 5.51. The highest BCUT2D eigenvalue weighted by atomic mass is 35.5. The Morgan fingerprint density at radius 3 is 2.81 bits per heavy atom. The van der Waals surface area contributed by atoms with E-state index < -0.39 is 0 Å². The van der Waals surface area contributed by atoms with Crippen molar-refractivity contribution < 1.29 is 0 Å². The molecule has 0 radical (unpaired) electrons. The van der Waals surface area contributed by atoms with Gasteiger partial charge in [-0.15, -0.1) is 0 Å². The number of para-hydroxylation sites is 1. The SMILES string of the molecule is C/C(=C\C(=N/CN)c1c[nH]c2ncc(-c3cnn(C)c3)cc12)N(C)c1ccccc1Cl. The monoisotopic (exact) mass is 433 g/mol. The molecule has 0 aliphatic heterocycles. The molecule has 3 heterocycles. The Kier molecular flexibility index (Phi) is 5.88. The number of nitrogens with one attached hydrogen (secondary N) is 1. The molecule has 0 aliphatic rings. The molecule has 3 aromatic heterocycles. The quantitative estimate of drug-likeness (QED) is 0.442. The van der Waals surface area contributed by atoms with E-state index in [9.17, 15) is 0 Å². The highest BCUT2D eigenvalue weighted by Gasteiger charge is 2.14. The number of fused-ring (bicyclic) bond motifs is 1. The summed E-state index contributed by atoms with van der Waals surface area (Å²) in [5, 5.41) is 5.92. The molecule has 0 amide bonds. The number of hydrogen-bond donors (Lipinski definition) is 2. The van der Waals surface area contributed by atoms with Gasteiger partial charge in [-0.05, 0) is 31.2 Å². The van der Waals surface area contributed by atoms with Gasteiger partial charge in [-0.25, -0.2) is 4.98 Å². The van der Waals surface area contributed by atoms with Gasteiger partial charge in [0.25, 0.3) is 0 Å². The number of H-pyrrole nitrogens is 1. The van der Waals surface area contributed by atoms with Crippen molar-refractivity contribution in [3.8, 4) is 11.1 Å². The molecule has 31 heavy (non-hydrogen) atoms. The predicted molar refractivity (Wildman–Crippen MR) is 127 cm³/mol. The second kappa shape index (κ2) is 8.75. The van der Waals surface area contributed by atoms with Gasteiger partial charge in [-0.3, -0.25) is 9.67 Å². The van der Waals surface area contributed by atoms with Crippen LogP contribution >= 0.6 is 11.6 Å². The summed E-state index contributed by atoms with van der Waals surface area (Å²) in [6.45, 7) is 2.20. The van der Waals surface area contributed by atoms with Crippen molar-refractivity contribution in [1.29, 1.82) is 0 Å². The summed E-state index contributed by atoms with van der Waals surface area (Å²) < 4.78 is 1.77. The fourth-order valence-corrected chi connectivity index (χ4v) is 3.72. The summed E-state index contributed by atoms with van der Waals surface area (Å²) in [6.07, 6.45) is 9.55. The fourth-order valence-electron chi connectivity index (χ4n) is 3.46. The molecule has 4 aromatic rings. The number of aromatic nitrogens is 4. The number of nitrogens with zero attached hydrogens (tertiary/aromatic N) is 5. The van der Waals surface area contributed by atoms with Gasteiger partial charge in [-0.2, -0.15) is 5.10 Å². The van der Waals surface area contributed by atoms with Crippen molar-refractivity contribution in [2.24, 2.45) is 17.8 Å². The van der Waals surface area contributed by atoms with E-state index in [-0.39, 0.29) is 6.67 Å². The predicted octanol–water partition coefficient (Wildman–Crippen LogP) is 4.36. The molecule has 158 valence electrons. The minimum Gasteiger partial charge on any atom is -0.347 e. The van der Waals surface area contributed by atoms with Crippen molar-refractivity contribution in [2.75, 3.05) is 18.6 Å². The summed E-state index contributed by atoms with van der Waals surface area (Å²) in [6, 6.07) is 9.83. The Morgan fingerprint density at radius 2 is 2.10 bits per heavy atom. The van der Waals surface area contributed by atoms with Crippen LogP contribution in [0.3, 0.4) is 0 Å². The average molecular weight is 434 g/mol. The number of hydrogen-bond acceptors (Lipinski definition) is 5. The minimum absolute atomic E-state index is 0.178. The first-order valence-electron chi connectivity index (χ1n) is 9.85. The molecule has 4 rings (SSSR count). The van der Waals surface area contributed by atoms with Crippen LogP contribution in [0.2, 0.25) is 5.02 Å². The molecule has 0 spiro atoms. The lowest BCUT2D eigenvalue weighted by Crippen LogP contribution is -2.16. The normalized spacial score (nSPS) is 12.5. The number of benzene rings is 1. The Labute approximate surface area is 185 Å². The Hall–Kier alpha value is -3.42. The van der Waals surface area contributed by atoms with Crippen LogP contribution in [0.5, 0.6) is 0 Å². The molecule has 0 unspecified atom stereocenters. The standard InChI is InChI=1S/C23H24ClN7/c1-15(31(3)22-7-5-4-6-20(22)24)8-21(28-14-25)19-12-27-23-18(19)9-16(10-26-23)17-11-29-30(2)13-17/h4-13H,14,25H2,1-3H3,(H,26,27)/b15-8+,28-21+. The van der Waals surface area contributed by atoms with Gasteiger partial charge in [0, 0.05) is 60.5 Å². The Morgan fingerprint density at radius 1 is 1.29 bits per heavy atom. The van der Waals surface area contributed by atoms with Crippen molar-refractivity contribution >= 4 is 34.0 Å². The molecule has 0 bridgehead atoms. The van der Waals surface area contributed by atoms with Crippen LogP contribution in [0.25, 0.3) is 22.2 Å². The van der Waals surface area contributed by atoms with Crippen LogP contribution in [-0.2, 0) is 7.05 Å². The number of halogens is 1. The van der Waals surface area contributed by atoms with Gasteiger partial charge in [0.2, 0.25) is 0 Å². The fraction of sp³-hybridized carbons (Fsp3) is 0.174. The first kappa shape index (κ1) is 20.8. The van der Waals surface area contributed by atoms with Crippen LogP contribution in [0.4, 0.5) is 5.69 Å². The van der Waals surface area contributed by atoms with Gasteiger partial charge in [0.1, 0.15) is 5.65 Å². The minimum atomic E-state index is 0.178. The maximum absolute atomic E-state index is 6.38. The molecule has 0 saturated carbocycles. The second-order valence-electron chi connectivity index (χ2n) is 7.25. The van der Waals surface area contributed by atoms with Crippen molar-refractivity contribution in [1.82, 2.24) is 19.7 Å². The van der Waals surface area contributed by atoms with Crippen LogP contribution < -0.4 is 10.6 Å². The van der Waals surface area contributed by atoms with E-state index in [0.717, 1.165) is 44.8 Å². The summed E-state index contributed by atoms with van der Waals surface area (Å²) >= 11 is 6.38. The second-order valence-corrected chi connectivity index (χ2v) is 7.65. The zero-order valence-corrected chi connectivity index (χ0v) is 18.4. The molecule has 3 N–H and O–H groups in total. The third kappa shape index (κ3) is 4.23. The highest BCUT2D eigenvalue weighted by molar-refractivity contribution is 6.33. The molecule has 1 aromatic carbocycles. The topological polar surface area (TPSA) is 88.1 Å². The smallest absolute Gasteiger partial charge is 0.137 e. The van der Waals surface area contributed by atoms with E-state index in [4.69, 9.17) is 17.3 Å². The van der Waals surface area contributed by atoms with Crippen LogP contribution in [0.1, 0.15) is 12.5 Å². The van der Waals surface area contributed by atoms with Gasteiger partial charge in [-0.1, -0.05) is 23.7 Å². The highest BCUT2D eigenvalue weighted by Crippen LogP contribution is 2.28. The molecule has 0 saturated heterocycles. The molecule has 0 atom stereocenters. The maximum Gasteiger partial charge on any atom is 0.137 e. The van der Waals surface area contributed by atoms with Crippen LogP contribution in [-0.4, -0.2) is 39.2 Å². The number of aryl methyl sites for hydroxylation is 1. The molecule has 0 aliphatic carbocycles. The van der Waals surface area contributed by atoms with E-state index in [1.165, 1.54) is 0 Å². The maximum atomic E-state index is 6.38. The first-order chi connectivity index (χ1) is 15.0. The number of pyridine rings is 1. The molecular formula is C23H24ClN7. The van der Waals surface area contributed by atoms with E-state index in [2.05, 4.69) is 26.1 Å². The van der Waals surface area contributed by atoms with E-state index in [0.29, 0.717) is 5.02 Å². The van der Waals surface area contributed by atoms with Crippen molar-refractivity contribution in [3.05, 3.63) is 77.5 Å². The van der Waals surface area contributed by atoms with Crippen molar-refractivity contribution in [3.63, 3.8) is 0 Å². The molecule has 7 nitrogen and oxygen atoms in total. The largest absolute Gasteiger partial charge is 0.347 e. The first-order valence-corrected chi connectivity index (χ1v) is 10.2. The van der Waals surface area contributed by atoms with Gasteiger partial charge in [0.15, 0.2) is 0 Å². The lowest BCUT2D eigenvalue weighted by molar-refractivity contribution is 0.768. The van der Waals surface area contributed by atoms with Gasteiger partial charge in [0.05, 0.1) is 29.3 Å². The molecular weight excluding hydrogens is 410 g/mol. The average Bonchev–Trinajstić information content (AvgIpc) is 3.39. The Bertz CT molecular complexity index is 1280. The number of aromatic amines is 1. The summed E-state index contributed by atoms with van der Waals surface area (Å²) in [5.74, 6) is 0. The molecule has 8 heteroatoms. The van der Waals surface area contributed by atoms with Gasteiger partial charge >= 0.3 is 0 Å². The summed E-state index contributed by atoms with van der Waals surface area (Å²) in [5.41, 5.74) is 12.2. The van der Waals surface area contributed by atoms with Gasteiger partial charge < -0.3 is 15.6 Å². The number of rotatable bonds is 6. The number of anilines is 1. The number of aliphatic imine (C=N–C) groups is 1. The lowest BCUT2D eigenvalue weighted by atomic mass is 10.1. The zero-order valence-electron chi connectivity index (χ0n) is 17.7. The van der Waals surface area contributed by atoms with E-state index in [1.54, 1.807) is 4.68 Å². The van der Waals surface area contributed by atoms with Crippen molar-refractivity contribution in [2.45, 2.75) is 6.92 Å². The summed E-state index contributed by atoms with van der Waals surface area (Å²) in [4.78, 5) is 14.4. The number of nitrogens with two attached hydrogens (primary N) is 1. The lowest BCUT2D eigenvalue weighted by Gasteiger charge is -2.21. The Balaban J connectivity index is 1.75.